The Hall–Kier alpha value is -1.42. The maximum absolute atomic E-state index is 5.47. The second-order valence-electron chi connectivity index (χ2n) is 4.77. The Balaban J connectivity index is 2.08. The van der Waals surface area contributed by atoms with E-state index in [-0.39, 0.29) is 5.54 Å². The third-order valence-electron chi connectivity index (χ3n) is 3.66. The number of hydrogen-bond acceptors (Lipinski definition) is 4. The first-order chi connectivity index (χ1) is 8.23. The smallest absolute Gasteiger partial charge is 0.231 e. The average Bonchev–Trinajstić information content (AvgIpc) is 2.95. The van der Waals surface area contributed by atoms with Gasteiger partial charge >= 0.3 is 0 Å². The van der Waals surface area contributed by atoms with E-state index in [4.69, 9.17) is 14.2 Å². The van der Waals surface area contributed by atoms with Gasteiger partial charge in [-0.05, 0) is 32.4 Å². The molecule has 0 bridgehead atoms. The van der Waals surface area contributed by atoms with E-state index in [9.17, 15) is 0 Å². The van der Waals surface area contributed by atoms with Gasteiger partial charge in [0.25, 0.3) is 0 Å². The molecule has 0 aliphatic carbocycles. The summed E-state index contributed by atoms with van der Waals surface area (Å²) >= 11 is 0. The number of hydrogen-bond donors (Lipinski definition) is 1. The highest BCUT2D eigenvalue weighted by atomic mass is 16.7. The molecule has 1 unspecified atom stereocenters. The lowest BCUT2D eigenvalue weighted by Crippen LogP contribution is -2.33. The van der Waals surface area contributed by atoms with Crippen molar-refractivity contribution < 1.29 is 14.2 Å². The minimum absolute atomic E-state index is 0.0215. The highest BCUT2D eigenvalue weighted by Gasteiger charge is 2.34. The Bertz CT molecular complexity index is 439. The highest BCUT2D eigenvalue weighted by molar-refractivity contribution is 5.54. The molecule has 3 rings (SSSR count). The number of nitrogens with one attached hydrogen (secondary N) is 1. The van der Waals surface area contributed by atoms with Gasteiger partial charge < -0.3 is 19.5 Å². The monoisotopic (exact) mass is 235 g/mol. The summed E-state index contributed by atoms with van der Waals surface area (Å²) in [5.41, 5.74) is 1.13. The van der Waals surface area contributed by atoms with E-state index in [0.29, 0.717) is 6.79 Å². The van der Waals surface area contributed by atoms with Gasteiger partial charge in [0.2, 0.25) is 6.79 Å². The first kappa shape index (κ1) is 10.7. The summed E-state index contributed by atoms with van der Waals surface area (Å²) in [6.45, 7) is 3.56. The number of fused-ring (bicyclic) bond motifs is 1. The molecule has 0 amide bonds. The molecule has 0 saturated carbocycles. The van der Waals surface area contributed by atoms with E-state index < -0.39 is 0 Å². The van der Waals surface area contributed by atoms with Crippen LogP contribution in [0.2, 0.25) is 0 Å². The van der Waals surface area contributed by atoms with Crippen LogP contribution in [0, 0.1) is 0 Å². The Kier molecular flexibility index (Phi) is 2.40. The highest BCUT2D eigenvalue weighted by Crippen LogP contribution is 2.44. The predicted octanol–water partition coefficient (Wildman–Crippen LogP) is 2.02. The van der Waals surface area contributed by atoms with Gasteiger partial charge in [-0.2, -0.15) is 0 Å². The average molecular weight is 235 g/mol. The van der Waals surface area contributed by atoms with Gasteiger partial charge in [-0.3, -0.25) is 0 Å². The van der Waals surface area contributed by atoms with E-state index in [2.05, 4.69) is 12.2 Å². The van der Waals surface area contributed by atoms with Crippen LogP contribution in [0.25, 0.3) is 0 Å². The molecule has 92 valence electrons. The SMILES string of the molecule is COc1cc2c(cc1C1(C)CCCN1)OCO2. The van der Waals surface area contributed by atoms with Crippen LogP contribution in [0.5, 0.6) is 17.2 Å². The van der Waals surface area contributed by atoms with Crippen LogP contribution < -0.4 is 19.5 Å². The molecule has 1 atom stereocenters. The van der Waals surface area contributed by atoms with Gasteiger partial charge in [0.1, 0.15) is 5.75 Å². The second-order valence-corrected chi connectivity index (χ2v) is 4.77. The largest absolute Gasteiger partial charge is 0.496 e. The third kappa shape index (κ3) is 1.63. The van der Waals surface area contributed by atoms with Crippen molar-refractivity contribution in [3.8, 4) is 17.2 Å². The Morgan fingerprint density at radius 3 is 2.71 bits per heavy atom. The number of ether oxygens (including phenoxy) is 3. The van der Waals surface area contributed by atoms with Gasteiger partial charge in [0.05, 0.1) is 7.11 Å². The minimum atomic E-state index is -0.0215. The van der Waals surface area contributed by atoms with Crippen molar-refractivity contribution in [2.24, 2.45) is 0 Å². The molecule has 1 saturated heterocycles. The molecular weight excluding hydrogens is 218 g/mol. The Morgan fingerprint density at radius 2 is 2.06 bits per heavy atom. The zero-order chi connectivity index (χ0) is 11.9. The zero-order valence-electron chi connectivity index (χ0n) is 10.2. The molecular formula is C13H17NO3. The maximum Gasteiger partial charge on any atom is 0.231 e. The number of methoxy groups -OCH3 is 1. The first-order valence-electron chi connectivity index (χ1n) is 5.96. The summed E-state index contributed by atoms with van der Waals surface area (Å²) < 4.78 is 16.3. The molecule has 4 nitrogen and oxygen atoms in total. The molecule has 2 heterocycles. The van der Waals surface area contributed by atoms with Crippen LogP contribution in [0.15, 0.2) is 12.1 Å². The Morgan fingerprint density at radius 1 is 1.29 bits per heavy atom. The topological polar surface area (TPSA) is 39.7 Å². The van der Waals surface area contributed by atoms with Gasteiger partial charge in [0.15, 0.2) is 11.5 Å². The lowest BCUT2D eigenvalue weighted by atomic mass is 9.89. The molecule has 0 aromatic heterocycles. The second kappa shape index (κ2) is 3.81. The zero-order valence-corrected chi connectivity index (χ0v) is 10.2. The quantitative estimate of drug-likeness (QED) is 0.851. The summed E-state index contributed by atoms with van der Waals surface area (Å²) in [4.78, 5) is 0. The molecule has 17 heavy (non-hydrogen) atoms. The van der Waals surface area contributed by atoms with Crippen molar-refractivity contribution >= 4 is 0 Å². The summed E-state index contributed by atoms with van der Waals surface area (Å²) in [5, 5.41) is 3.54. The molecule has 1 fully saturated rings. The molecule has 2 aliphatic heterocycles. The summed E-state index contributed by atoms with van der Waals surface area (Å²) in [7, 11) is 1.69. The fraction of sp³-hybridized carbons (Fsp3) is 0.538. The number of benzene rings is 1. The van der Waals surface area contributed by atoms with E-state index in [1.807, 2.05) is 12.1 Å². The van der Waals surface area contributed by atoms with Crippen LogP contribution in [-0.2, 0) is 5.54 Å². The molecule has 2 aliphatic rings. The van der Waals surface area contributed by atoms with E-state index in [1.165, 1.54) is 6.42 Å². The van der Waals surface area contributed by atoms with Crippen LogP contribution in [0.1, 0.15) is 25.3 Å². The van der Waals surface area contributed by atoms with Crippen LogP contribution in [0.4, 0.5) is 0 Å². The maximum atomic E-state index is 5.47. The van der Waals surface area contributed by atoms with Crippen molar-refractivity contribution in [2.45, 2.75) is 25.3 Å². The van der Waals surface area contributed by atoms with Crippen LogP contribution in [-0.4, -0.2) is 20.4 Å². The normalized spacial score (nSPS) is 26.2. The molecule has 1 aromatic carbocycles. The molecule has 0 radical (unpaired) electrons. The fourth-order valence-corrected chi connectivity index (χ4v) is 2.65. The summed E-state index contributed by atoms with van der Waals surface area (Å²) in [6, 6.07) is 3.96. The minimum Gasteiger partial charge on any atom is -0.496 e. The molecule has 4 heteroatoms. The predicted molar refractivity (Wildman–Crippen MR) is 63.7 cm³/mol. The first-order valence-corrected chi connectivity index (χ1v) is 5.96. The van der Waals surface area contributed by atoms with Crippen molar-refractivity contribution in [3.05, 3.63) is 17.7 Å². The van der Waals surface area contributed by atoms with Crippen molar-refractivity contribution in [1.82, 2.24) is 5.32 Å². The fourth-order valence-electron chi connectivity index (χ4n) is 2.65. The molecule has 1 aromatic rings. The third-order valence-corrected chi connectivity index (χ3v) is 3.66. The van der Waals surface area contributed by atoms with Gasteiger partial charge in [0, 0.05) is 17.2 Å². The molecule has 1 N–H and O–H groups in total. The van der Waals surface area contributed by atoms with Gasteiger partial charge in [-0.25, -0.2) is 0 Å². The van der Waals surface area contributed by atoms with E-state index in [1.54, 1.807) is 7.11 Å². The van der Waals surface area contributed by atoms with Crippen LogP contribution in [0.3, 0.4) is 0 Å². The van der Waals surface area contributed by atoms with Gasteiger partial charge in [-0.15, -0.1) is 0 Å². The summed E-state index contributed by atoms with van der Waals surface area (Å²) in [5.74, 6) is 2.45. The summed E-state index contributed by atoms with van der Waals surface area (Å²) in [6.07, 6.45) is 2.30. The van der Waals surface area contributed by atoms with Crippen LogP contribution >= 0.6 is 0 Å². The molecule has 0 spiro atoms. The van der Waals surface area contributed by atoms with E-state index in [0.717, 1.165) is 35.8 Å². The van der Waals surface area contributed by atoms with Crippen molar-refractivity contribution in [1.29, 1.82) is 0 Å². The van der Waals surface area contributed by atoms with Gasteiger partial charge in [-0.1, -0.05) is 0 Å². The van der Waals surface area contributed by atoms with Crippen molar-refractivity contribution in [3.63, 3.8) is 0 Å². The Labute approximate surface area is 101 Å². The lowest BCUT2D eigenvalue weighted by molar-refractivity contribution is 0.173. The number of rotatable bonds is 2. The lowest BCUT2D eigenvalue weighted by Gasteiger charge is -2.27. The standard InChI is InChI=1S/C13H17NO3/c1-13(4-3-5-14-13)9-6-11-12(17-8-16-11)7-10(9)15-2/h6-7,14H,3-5,8H2,1-2H3. The van der Waals surface area contributed by atoms with E-state index >= 15 is 0 Å². The van der Waals surface area contributed by atoms with Crippen molar-refractivity contribution in [2.75, 3.05) is 20.4 Å².